The zero-order chi connectivity index (χ0) is 9.97. The highest BCUT2D eigenvalue weighted by Gasteiger charge is 2.22. The number of hydrogen-bond acceptors (Lipinski definition) is 1. The fraction of sp³-hybridized carbons (Fsp3) is 0.182. The molecular weight excluding hydrogens is 192 g/mol. The first-order chi connectivity index (χ1) is 6.77. The molecule has 0 saturated heterocycles. The third kappa shape index (κ3) is 1.84. The minimum Gasteiger partial charge on any atom is -0.292 e. The fourth-order valence-electron chi connectivity index (χ4n) is 1.52. The van der Waals surface area contributed by atoms with Gasteiger partial charge in [0.1, 0.15) is 12.7 Å². The van der Waals surface area contributed by atoms with Gasteiger partial charge in [-0.2, -0.15) is 0 Å². The van der Waals surface area contributed by atoms with Crippen LogP contribution < -0.4 is 4.90 Å². The zero-order valence-corrected chi connectivity index (χ0v) is 8.92. The Balaban J connectivity index is 2.07. The van der Waals surface area contributed by atoms with Crippen LogP contribution >= 0.6 is 12.2 Å². The van der Waals surface area contributed by atoms with E-state index in [0.717, 1.165) is 11.7 Å². The van der Waals surface area contributed by atoms with Crippen molar-refractivity contribution < 1.29 is 4.90 Å². The fourth-order valence-corrected chi connectivity index (χ4v) is 1.72. The van der Waals surface area contributed by atoms with Gasteiger partial charge in [0.05, 0.1) is 6.20 Å². The summed E-state index contributed by atoms with van der Waals surface area (Å²) in [5.74, 6) is 0. The summed E-state index contributed by atoms with van der Waals surface area (Å²) in [5.41, 5.74) is 1.31. The maximum absolute atomic E-state index is 5.29. The van der Waals surface area contributed by atoms with E-state index in [-0.39, 0.29) is 0 Å². The third-order valence-electron chi connectivity index (χ3n) is 2.33. The molecule has 1 atom stereocenters. The van der Waals surface area contributed by atoms with Crippen LogP contribution in [0.1, 0.15) is 5.56 Å². The number of benzene rings is 1. The highest BCUT2D eigenvalue weighted by molar-refractivity contribution is 7.79. The lowest BCUT2D eigenvalue weighted by molar-refractivity contribution is -0.759. The normalized spacial score (nSPS) is 20.5. The van der Waals surface area contributed by atoms with E-state index in [1.165, 1.54) is 10.5 Å². The molecular formula is C11H13N2S+. The van der Waals surface area contributed by atoms with Crippen molar-refractivity contribution >= 4 is 17.3 Å². The molecule has 0 bridgehead atoms. The van der Waals surface area contributed by atoms with E-state index in [4.69, 9.17) is 12.2 Å². The molecule has 0 saturated carbocycles. The van der Waals surface area contributed by atoms with Crippen molar-refractivity contribution in [3.63, 3.8) is 0 Å². The molecule has 0 spiro atoms. The summed E-state index contributed by atoms with van der Waals surface area (Å²) < 4.78 is 0. The van der Waals surface area contributed by atoms with Crippen LogP contribution in [0.4, 0.5) is 0 Å². The first kappa shape index (κ1) is 9.37. The Bertz CT molecular complexity index is 359. The van der Waals surface area contributed by atoms with Gasteiger partial charge in [-0.3, -0.25) is 4.90 Å². The smallest absolute Gasteiger partial charge is 0.279 e. The van der Waals surface area contributed by atoms with Gasteiger partial charge in [0.25, 0.3) is 5.11 Å². The third-order valence-corrected chi connectivity index (χ3v) is 2.88. The highest BCUT2D eigenvalue weighted by Crippen LogP contribution is 1.97. The number of nitrogens with one attached hydrogen (secondary N) is 1. The molecule has 1 aliphatic rings. The molecule has 1 aliphatic heterocycles. The SMILES string of the molecule is CN1C=C[NH+](Cc2ccccc2)C1=S. The Hall–Kier alpha value is -1.19. The average molecular weight is 205 g/mol. The predicted molar refractivity (Wildman–Crippen MR) is 60.6 cm³/mol. The quantitative estimate of drug-likeness (QED) is 0.713. The van der Waals surface area contributed by atoms with Crippen LogP contribution in [-0.4, -0.2) is 17.1 Å². The second-order valence-corrected chi connectivity index (χ2v) is 3.81. The lowest BCUT2D eigenvalue weighted by atomic mass is 10.2. The first-order valence-corrected chi connectivity index (χ1v) is 5.03. The van der Waals surface area contributed by atoms with Crippen LogP contribution in [0.5, 0.6) is 0 Å². The molecule has 72 valence electrons. The largest absolute Gasteiger partial charge is 0.292 e. The lowest BCUT2D eigenvalue weighted by Gasteiger charge is -2.12. The molecule has 0 radical (unpaired) electrons. The lowest BCUT2D eigenvalue weighted by Crippen LogP contribution is -3.08. The van der Waals surface area contributed by atoms with E-state index in [0.29, 0.717) is 0 Å². The molecule has 0 fully saturated rings. The van der Waals surface area contributed by atoms with Crippen LogP contribution in [-0.2, 0) is 6.54 Å². The van der Waals surface area contributed by atoms with Crippen LogP contribution in [0, 0.1) is 0 Å². The van der Waals surface area contributed by atoms with Crippen molar-refractivity contribution in [3.05, 3.63) is 48.3 Å². The molecule has 1 aromatic rings. The van der Waals surface area contributed by atoms with Crippen molar-refractivity contribution in [2.75, 3.05) is 7.05 Å². The summed E-state index contributed by atoms with van der Waals surface area (Å²) >= 11 is 5.29. The summed E-state index contributed by atoms with van der Waals surface area (Å²) in [5, 5.41) is 0.939. The Morgan fingerprint density at radius 3 is 2.57 bits per heavy atom. The molecule has 2 nitrogen and oxygen atoms in total. The van der Waals surface area contributed by atoms with Gasteiger partial charge in [0, 0.05) is 24.8 Å². The second kappa shape index (κ2) is 3.90. The second-order valence-electron chi connectivity index (χ2n) is 3.42. The summed E-state index contributed by atoms with van der Waals surface area (Å²) in [4.78, 5) is 3.21. The number of rotatable bonds is 2. The van der Waals surface area contributed by atoms with Crippen molar-refractivity contribution in [1.29, 1.82) is 0 Å². The van der Waals surface area contributed by atoms with Crippen molar-refractivity contribution in [2.24, 2.45) is 0 Å². The van der Waals surface area contributed by atoms with Gasteiger partial charge in [-0.05, 0) is 0 Å². The van der Waals surface area contributed by atoms with E-state index >= 15 is 0 Å². The number of thiocarbonyl (C=S) groups is 1. The standard InChI is InChI=1S/C11H12N2S/c1-12-7-8-13(11(12)14)9-10-5-3-2-4-6-10/h2-8H,9H2,1H3/p+1. The van der Waals surface area contributed by atoms with Gasteiger partial charge >= 0.3 is 0 Å². The number of hydrogen-bond donors (Lipinski definition) is 1. The maximum Gasteiger partial charge on any atom is 0.279 e. The van der Waals surface area contributed by atoms with Crippen LogP contribution in [0.15, 0.2) is 42.7 Å². The van der Waals surface area contributed by atoms with Gasteiger partial charge in [0.2, 0.25) is 0 Å². The van der Waals surface area contributed by atoms with Crippen molar-refractivity contribution in [1.82, 2.24) is 4.90 Å². The molecule has 14 heavy (non-hydrogen) atoms. The summed E-state index contributed by atoms with van der Waals surface area (Å²) in [6, 6.07) is 10.4. The first-order valence-electron chi connectivity index (χ1n) is 4.62. The number of nitrogens with zero attached hydrogens (tertiary/aromatic N) is 1. The van der Waals surface area contributed by atoms with E-state index in [2.05, 4.69) is 30.5 Å². The Morgan fingerprint density at radius 2 is 2.00 bits per heavy atom. The van der Waals surface area contributed by atoms with E-state index < -0.39 is 0 Å². The van der Waals surface area contributed by atoms with Crippen molar-refractivity contribution in [3.8, 4) is 0 Å². The van der Waals surface area contributed by atoms with Gasteiger partial charge in [0.15, 0.2) is 0 Å². The minimum atomic E-state index is 0.931. The Morgan fingerprint density at radius 1 is 1.29 bits per heavy atom. The maximum atomic E-state index is 5.29. The monoisotopic (exact) mass is 205 g/mol. The van der Waals surface area contributed by atoms with Gasteiger partial charge in [-0.1, -0.05) is 30.3 Å². The van der Waals surface area contributed by atoms with Crippen LogP contribution in [0.3, 0.4) is 0 Å². The number of quaternary nitrogens is 1. The molecule has 1 unspecified atom stereocenters. The van der Waals surface area contributed by atoms with E-state index in [1.807, 2.05) is 24.2 Å². The van der Waals surface area contributed by atoms with E-state index in [9.17, 15) is 0 Å². The van der Waals surface area contributed by atoms with Gasteiger partial charge in [-0.25, -0.2) is 4.90 Å². The topological polar surface area (TPSA) is 7.68 Å². The van der Waals surface area contributed by atoms with E-state index in [1.54, 1.807) is 0 Å². The average Bonchev–Trinajstić information content (AvgIpc) is 2.52. The van der Waals surface area contributed by atoms with Gasteiger partial charge < -0.3 is 0 Å². The molecule has 0 aromatic heterocycles. The predicted octanol–water partition coefficient (Wildman–Crippen LogP) is 0.773. The highest BCUT2D eigenvalue weighted by atomic mass is 32.1. The molecule has 1 N–H and O–H groups in total. The summed E-state index contributed by atoms with van der Waals surface area (Å²) in [6.07, 6.45) is 4.11. The summed E-state index contributed by atoms with van der Waals surface area (Å²) in [7, 11) is 1.98. The molecule has 0 amide bonds. The van der Waals surface area contributed by atoms with Gasteiger partial charge in [-0.15, -0.1) is 0 Å². The molecule has 2 rings (SSSR count). The van der Waals surface area contributed by atoms with Crippen LogP contribution in [0.2, 0.25) is 0 Å². The van der Waals surface area contributed by atoms with Crippen LogP contribution in [0.25, 0.3) is 0 Å². The Labute approximate surface area is 89.4 Å². The summed E-state index contributed by atoms with van der Waals surface area (Å²) in [6.45, 7) is 0.931. The molecule has 0 aliphatic carbocycles. The van der Waals surface area contributed by atoms with Crippen molar-refractivity contribution in [2.45, 2.75) is 6.54 Å². The zero-order valence-electron chi connectivity index (χ0n) is 8.10. The molecule has 1 heterocycles. The minimum absolute atomic E-state index is 0.931. The molecule has 1 aromatic carbocycles. The molecule has 3 heteroatoms. The Kier molecular flexibility index (Phi) is 2.61.